The molecule has 0 amide bonds. The Balaban J connectivity index is 2.03. The van der Waals surface area contributed by atoms with Crippen LogP contribution in [0.5, 0.6) is 0 Å². The minimum absolute atomic E-state index is 0.221. The number of imidazole rings is 1. The van der Waals surface area contributed by atoms with Gasteiger partial charge in [0.1, 0.15) is 0 Å². The van der Waals surface area contributed by atoms with Crippen LogP contribution in [0.25, 0.3) is 11.0 Å². The second kappa shape index (κ2) is 4.20. The van der Waals surface area contributed by atoms with Crippen LogP contribution in [0, 0.1) is 6.92 Å². The van der Waals surface area contributed by atoms with Gasteiger partial charge in [-0.25, -0.2) is 9.78 Å². The maximum atomic E-state index is 11.0. The maximum Gasteiger partial charge on any atom is 0.335 e. The number of fused-ring (bicyclic) bond motifs is 1. The van der Waals surface area contributed by atoms with Crippen LogP contribution in [0.4, 0.5) is 0 Å². The molecule has 0 atom stereocenters. The van der Waals surface area contributed by atoms with Crippen molar-refractivity contribution in [3.8, 4) is 0 Å². The van der Waals surface area contributed by atoms with Gasteiger partial charge in [-0.15, -0.1) is 0 Å². The zero-order valence-electron chi connectivity index (χ0n) is 10.1. The van der Waals surface area contributed by atoms with Gasteiger partial charge in [0.25, 0.3) is 0 Å². The predicted molar refractivity (Wildman–Crippen MR) is 64.8 cm³/mol. The van der Waals surface area contributed by atoms with Gasteiger partial charge >= 0.3 is 5.97 Å². The highest BCUT2D eigenvalue weighted by Gasteiger charge is 2.10. The molecule has 2 aromatic heterocycles. The standard InChI is InChI=1S/C12H10N4O3/c1-7-14-11(15-19-7)5-16-6-13-9-3-2-8(12(17)18)4-10(9)16/h2-4,6H,5H2,1H3,(H,17,18). The van der Waals surface area contributed by atoms with Gasteiger partial charge in [-0.2, -0.15) is 4.98 Å². The summed E-state index contributed by atoms with van der Waals surface area (Å²) in [7, 11) is 0. The lowest BCUT2D eigenvalue weighted by Gasteiger charge is -2.01. The molecule has 2 heterocycles. The number of aromatic nitrogens is 4. The van der Waals surface area contributed by atoms with E-state index in [0.29, 0.717) is 18.3 Å². The van der Waals surface area contributed by atoms with Gasteiger partial charge < -0.3 is 14.2 Å². The van der Waals surface area contributed by atoms with Gasteiger partial charge in [-0.3, -0.25) is 0 Å². The Bertz CT molecular complexity index is 759. The number of aryl methyl sites for hydroxylation is 1. The average molecular weight is 258 g/mol. The summed E-state index contributed by atoms with van der Waals surface area (Å²) >= 11 is 0. The maximum absolute atomic E-state index is 11.0. The highest BCUT2D eigenvalue weighted by molar-refractivity contribution is 5.92. The lowest BCUT2D eigenvalue weighted by molar-refractivity contribution is 0.0697. The molecule has 0 aliphatic heterocycles. The number of aromatic carboxylic acids is 1. The summed E-state index contributed by atoms with van der Waals surface area (Å²) in [5.74, 6) is 0.0493. The Kier molecular flexibility index (Phi) is 2.52. The normalized spacial score (nSPS) is 11.0. The van der Waals surface area contributed by atoms with E-state index < -0.39 is 5.97 Å². The molecular weight excluding hydrogens is 248 g/mol. The van der Waals surface area contributed by atoms with Crippen molar-refractivity contribution < 1.29 is 14.4 Å². The number of carboxylic acid groups (broad SMARTS) is 1. The topological polar surface area (TPSA) is 94.0 Å². The molecule has 1 N–H and O–H groups in total. The van der Waals surface area contributed by atoms with Crippen LogP contribution in [0.1, 0.15) is 22.1 Å². The molecule has 19 heavy (non-hydrogen) atoms. The predicted octanol–water partition coefficient (Wildman–Crippen LogP) is 1.47. The number of carbonyl (C=O) groups is 1. The molecule has 7 heteroatoms. The Morgan fingerprint density at radius 3 is 3.00 bits per heavy atom. The van der Waals surface area contributed by atoms with Gasteiger partial charge in [0.15, 0.2) is 5.82 Å². The second-order valence-electron chi connectivity index (χ2n) is 4.11. The molecule has 1 aromatic carbocycles. The van der Waals surface area contributed by atoms with Crippen LogP contribution in [0.15, 0.2) is 29.0 Å². The fraction of sp³-hybridized carbons (Fsp3) is 0.167. The quantitative estimate of drug-likeness (QED) is 0.764. The Morgan fingerprint density at radius 2 is 2.32 bits per heavy atom. The van der Waals surface area contributed by atoms with E-state index in [1.165, 1.54) is 6.07 Å². The number of nitrogens with zero attached hydrogens (tertiary/aromatic N) is 4. The van der Waals surface area contributed by atoms with Crippen LogP contribution >= 0.6 is 0 Å². The van der Waals surface area contributed by atoms with Crippen molar-refractivity contribution in [2.75, 3.05) is 0 Å². The van der Waals surface area contributed by atoms with Gasteiger partial charge in [-0.05, 0) is 18.2 Å². The summed E-state index contributed by atoms with van der Waals surface area (Å²) in [6.07, 6.45) is 1.63. The first-order chi connectivity index (χ1) is 9.13. The van der Waals surface area contributed by atoms with Gasteiger partial charge in [0.2, 0.25) is 5.89 Å². The number of hydrogen-bond acceptors (Lipinski definition) is 5. The molecule has 0 spiro atoms. The monoisotopic (exact) mass is 258 g/mol. The second-order valence-corrected chi connectivity index (χ2v) is 4.11. The van der Waals surface area contributed by atoms with E-state index in [2.05, 4.69) is 15.1 Å². The van der Waals surface area contributed by atoms with E-state index in [9.17, 15) is 4.79 Å². The molecule has 0 saturated heterocycles. The van der Waals surface area contributed by atoms with Crippen molar-refractivity contribution in [3.05, 3.63) is 41.8 Å². The third-order valence-electron chi connectivity index (χ3n) is 2.75. The van der Waals surface area contributed by atoms with Crippen LogP contribution in [0.2, 0.25) is 0 Å². The van der Waals surface area contributed by atoms with Crippen molar-refractivity contribution >= 4 is 17.0 Å². The highest BCUT2D eigenvalue weighted by atomic mass is 16.5. The largest absolute Gasteiger partial charge is 0.478 e. The molecule has 0 aliphatic rings. The molecule has 96 valence electrons. The van der Waals surface area contributed by atoms with Crippen LogP contribution in [-0.4, -0.2) is 30.8 Å². The summed E-state index contributed by atoms with van der Waals surface area (Å²) in [5.41, 5.74) is 1.67. The van der Waals surface area contributed by atoms with E-state index in [4.69, 9.17) is 9.63 Å². The van der Waals surface area contributed by atoms with Crippen molar-refractivity contribution in [1.82, 2.24) is 19.7 Å². The fourth-order valence-electron chi connectivity index (χ4n) is 1.87. The van der Waals surface area contributed by atoms with Crippen molar-refractivity contribution in [2.45, 2.75) is 13.5 Å². The van der Waals surface area contributed by atoms with E-state index in [1.807, 2.05) is 0 Å². The Hall–Kier alpha value is -2.70. The molecule has 0 aliphatic carbocycles. The Morgan fingerprint density at radius 1 is 1.47 bits per heavy atom. The average Bonchev–Trinajstić information content (AvgIpc) is 2.96. The number of hydrogen-bond donors (Lipinski definition) is 1. The van der Waals surface area contributed by atoms with Crippen molar-refractivity contribution in [2.24, 2.45) is 0 Å². The third-order valence-corrected chi connectivity index (χ3v) is 2.75. The minimum Gasteiger partial charge on any atom is -0.478 e. The SMILES string of the molecule is Cc1nc(Cn2cnc3ccc(C(=O)O)cc32)no1. The summed E-state index contributed by atoms with van der Waals surface area (Å²) < 4.78 is 6.68. The van der Waals surface area contributed by atoms with E-state index in [-0.39, 0.29) is 5.56 Å². The molecule has 0 radical (unpaired) electrons. The number of benzene rings is 1. The van der Waals surface area contributed by atoms with Crippen LogP contribution in [-0.2, 0) is 6.54 Å². The van der Waals surface area contributed by atoms with Crippen molar-refractivity contribution in [1.29, 1.82) is 0 Å². The fourth-order valence-corrected chi connectivity index (χ4v) is 1.87. The molecule has 0 bridgehead atoms. The summed E-state index contributed by atoms with van der Waals surface area (Å²) in [6.45, 7) is 2.10. The summed E-state index contributed by atoms with van der Waals surface area (Å²) in [4.78, 5) is 19.3. The zero-order chi connectivity index (χ0) is 13.4. The molecule has 0 unspecified atom stereocenters. The molecular formula is C12H10N4O3. The van der Waals surface area contributed by atoms with Gasteiger partial charge in [-0.1, -0.05) is 5.16 Å². The van der Waals surface area contributed by atoms with E-state index >= 15 is 0 Å². The number of rotatable bonds is 3. The molecule has 0 saturated carbocycles. The van der Waals surface area contributed by atoms with Crippen LogP contribution < -0.4 is 0 Å². The molecule has 3 rings (SSSR count). The molecule has 7 nitrogen and oxygen atoms in total. The first-order valence-corrected chi connectivity index (χ1v) is 5.61. The number of carboxylic acids is 1. The third kappa shape index (κ3) is 2.05. The zero-order valence-corrected chi connectivity index (χ0v) is 10.1. The first kappa shape index (κ1) is 11.4. The minimum atomic E-state index is -0.968. The molecule has 0 fully saturated rings. The van der Waals surface area contributed by atoms with Gasteiger partial charge in [0, 0.05) is 6.92 Å². The molecule has 3 aromatic rings. The van der Waals surface area contributed by atoms with Crippen LogP contribution in [0.3, 0.4) is 0 Å². The lowest BCUT2D eigenvalue weighted by Crippen LogP contribution is -2.01. The first-order valence-electron chi connectivity index (χ1n) is 5.61. The van der Waals surface area contributed by atoms with E-state index in [0.717, 1.165) is 11.0 Å². The lowest BCUT2D eigenvalue weighted by atomic mass is 10.2. The smallest absolute Gasteiger partial charge is 0.335 e. The van der Waals surface area contributed by atoms with Crippen molar-refractivity contribution in [3.63, 3.8) is 0 Å². The highest BCUT2D eigenvalue weighted by Crippen LogP contribution is 2.16. The Labute approximate surface area is 107 Å². The summed E-state index contributed by atoms with van der Waals surface area (Å²) in [5, 5.41) is 12.8. The van der Waals surface area contributed by atoms with Gasteiger partial charge in [0.05, 0.1) is 29.5 Å². The van der Waals surface area contributed by atoms with E-state index in [1.54, 1.807) is 30.0 Å². The summed E-state index contributed by atoms with van der Waals surface area (Å²) in [6, 6.07) is 4.79.